The van der Waals surface area contributed by atoms with E-state index in [9.17, 15) is 13.9 Å². The summed E-state index contributed by atoms with van der Waals surface area (Å²) in [6.07, 6.45) is 7.43. The summed E-state index contributed by atoms with van der Waals surface area (Å²) in [6, 6.07) is 8.59. The second kappa shape index (κ2) is 8.41. The van der Waals surface area contributed by atoms with Crippen LogP contribution in [-0.2, 0) is 12.1 Å². The lowest BCUT2D eigenvalue weighted by Crippen LogP contribution is -2.53. The number of aromatic nitrogens is 4. The highest BCUT2D eigenvalue weighted by Gasteiger charge is 2.42. The molecule has 1 aliphatic heterocycles. The van der Waals surface area contributed by atoms with Gasteiger partial charge in [0.1, 0.15) is 29.9 Å². The van der Waals surface area contributed by atoms with Gasteiger partial charge >= 0.3 is 0 Å². The number of hydrogen-bond acceptors (Lipinski definition) is 5. The maximum atomic E-state index is 14.7. The van der Waals surface area contributed by atoms with Gasteiger partial charge in [-0.25, -0.2) is 18.4 Å². The van der Waals surface area contributed by atoms with Gasteiger partial charge in [-0.05, 0) is 37.1 Å². The molecule has 3 heterocycles. The van der Waals surface area contributed by atoms with Crippen molar-refractivity contribution in [2.24, 2.45) is 0 Å². The second-order valence-corrected chi connectivity index (χ2v) is 7.51. The number of aliphatic hydroxyl groups is 1. The number of hydrogen-bond donors (Lipinski definition) is 1. The fourth-order valence-electron chi connectivity index (χ4n) is 3.97. The quantitative estimate of drug-likeness (QED) is 0.676. The van der Waals surface area contributed by atoms with Crippen molar-refractivity contribution in [3.8, 4) is 0 Å². The Hall–Kier alpha value is -2.97. The molecule has 1 N–H and O–H groups in total. The average Bonchev–Trinajstić information content (AvgIpc) is 3.26. The van der Waals surface area contributed by atoms with Crippen LogP contribution in [0, 0.1) is 11.6 Å². The van der Waals surface area contributed by atoms with Crippen molar-refractivity contribution in [1.82, 2.24) is 24.6 Å². The molecule has 4 rings (SSSR count). The molecule has 1 aliphatic rings. The van der Waals surface area contributed by atoms with Gasteiger partial charge in [-0.1, -0.05) is 18.2 Å². The number of rotatable bonds is 6. The summed E-state index contributed by atoms with van der Waals surface area (Å²) in [7, 11) is 0. The third-order valence-corrected chi connectivity index (χ3v) is 5.74. The van der Waals surface area contributed by atoms with Gasteiger partial charge in [0.2, 0.25) is 0 Å². The molecule has 1 aromatic carbocycles. The highest BCUT2D eigenvalue weighted by molar-refractivity contribution is 5.63. The first-order valence-electron chi connectivity index (χ1n) is 9.82. The highest BCUT2D eigenvalue weighted by atomic mass is 19.1. The minimum absolute atomic E-state index is 0.00989. The Kier molecular flexibility index (Phi) is 5.69. The molecule has 2 aromatic heterocycles. The fraction of sp³-hybridized carbons (Fsp3) is 0.318. The monoisotopic (exact) mass is 411 g/mol. The predicted octanol–water partition coefficient (Wildman–Crippen LogP) is 3.02. The lowest BCUT2D eigenvalue weighted by Gasteiger charge is -2.42. The molecule has 30 heavy (non-hydrogen) atoms. The van der Waals surface area contributed by atoms with E-state index in [0.29, 0.717) is 13.1 Å². The normalized spacial score (nSPS) is 17.9. The van der Waals surface area contributed by atoms with E-state index in [1.54, 1.807) is 6.20 Å². The Morgan fingerprint density at radius 2 is 2.10 bits per heavy atom. The summed E-state index contributed by atoms with van der Waals surface area (Å²) in [5.74, 6) is -1.47. The van der Waals surface area contributed by atoms with Crippen molar-refractivity contribution in [3.63, 3.8) is 0 Å². The third-order valence-electron chi connectivity index (χ3n) is 5.74. The zero-order valence-electron chi connectivity index (χ0n) is 16.6. The van der Waals surface area contributed by atoms with Crippen LogP contribution in [0.1, 0.15) is 24.6 Å². The van der Waals surface area contributed by atoms with E-state index in [4.69, 9.17) is 0 Å². The zero-order valence-corrected chi connectivity index (χ0v) is 16.6. The van der Waals surface area contributed by atoms with Crippen molar-refractivity contribution in [2.75, 3.05) is 13.1 Å². The topological polar surface area (TPSA) is 67.1 Å². The van der Waals surface area contributed by atoms with E-state index in [1.165, 1.54) is 23.4 Å². The maximum Gasteiger partial charge on any atom is 0.137 e. The molecule has 0 saturated carbocycles. The van der Waals surface area contributed by atoms with Crippen molar-refractivity contribution >= 4 is 5.57 Å². The van der Waals surface area contributed by atoms with E-state index >= 15 is 0 Å². The maximum absolute atomic E-state index is 14.7. The van der Waals surface area contributed by atoms with Crippen LogP contribution >= 0.6 is 0 Å². The molecule has 0 bridgehead atoms. The molecule has 3 aromatic rings. The van der Waals surface area contributed by atoms with Crippen LogP contribution in [0.15, 0.2) is 61.3 Å². The molecule has 0 spiro atoms. The summed E-state index contributed by atoms with van der Waals surface area (Å²) in [6.45, 7) is 3.09. The van der Waals surface area contributed by atoms with Gasteiger partial charge in [-0.2, -0.15) is 5.10 Å². The lowest BCUT2D eigenvalue weighted by atomic mass is 9.84. The molecule has 2 atom stereocenters. The van der Waals surface area contributed by atoms with E-state index in [2.05, 4.69) is 26.0 Å². The molecule has 0 aliphatic carbocycles. The zero-order chi connectivity index (χ0) is 21.1. The highest BCUT2D eigenvalue weighted by Crippen LogP contribution is 2.34. The first-order valence-corrected chi connectivity index (χ1v) is 9.82. The van der Waals surface area contributed by atoms with Crippen LogP contribution in [0.2, 0.25) is 0 Å². The first kappa shape index (κ1) is 20.3. The summed E-state index contributed by atoms with van der Waals surface area (Å²) in [5.41, 5.74) is 0.479. The van der Waals surface area contributed by atoms with Crippen molar-refractivity contribution < 1.29 is 13.9 Å². The summed E-state index contributed by atoms with van der Waals surface area (Å²) in [4.78, 5) is 10.4. The number of nitrogens with zero attached hydrogens (tertiary/aromatic N) is 5. The van der Waals surface area contributed by atoms with E-state index in [-0.39, 0.29) is 12.1 Å². The van der Waals surface area contributed by atoms with Gasteiger partial charge in [-0.3, -0.25) is 9.88 Å². The summed E-state index contributed by atoms with van der Waals surface area (Å²) >= 11 is 0. The molecule has 0 fully saturated rings. The Labute approximate surface area is 173 Å². The predicted molar refractivity (Wildman–Crippen MR) is 108 cm³/mol. The van der Waals surface area contributed by atoms with Crippen molar-refractivity contribution in [3.05, 3.63) is 84.2 Å². The molecule has 0 unspecified atom stereocenters. The fourth-order valence-corrected chi connectivity index (χ4v) is 3.97. The van der Waals surface area contributed by atoms with Gasteiger partial charge < -0.3 is 5.11 Å². The minimum atomic E-state index is -1.64. The van der Waals surface area contributed by atoms with E-state index < -0.39 is 23.3 Å². The minimum Gasteiger partial charge on any atom is -0.381 e. The molecular formula is C22H23F2N5O. The molecule has 0 radical (unpaired) electrons. The Balaban J connectivity index is 1.63. The lowest BCUT2D eigenvalue weighted by molar-refractivity contribution is -0.0612. The molecule has 8 heteroatoms. The number of pyridine rings is 1. The van der Waals surface area contributed by atoms with Crippen LogP contribution in [0.3, 0.4) is 0 Å². The summed E-state index contributed by atoms with van der Waals surface area (Å²) in [5, 5.41) is 15.8. The van der Waals surface area contributed by atoms with E-state index in [0.717, 1.165) is 29.8 Å². The molecule has 6 nitrogen and oxygen atoms in total. The summed E-state index contributed by atoms with van der Waals surface area (Å²) < 4.78 is 29.7. The molecule has 0 saturated heterocycles. The van der Waals surface area contributed by atoms with Gasteiger partial charge in [-0.15, -0.1) is 0 Å². The average molecular weight is 411 g/mol. The SMILES string of the molecule is C[C@@H](N1CC=C(c2ccccn2)CC1)[C@](O)(Cn1cncn1)c1ccc(F)cc1F. The third kappa shape index (κ3) is 4.01. The van der Waals surface area contributed by atoms with Gasteiger partial charge in [0.25, 0.3) is 0 Å². The van der Waals surface area contributed by atoms with Crippen LogP contribution in [-0.4, -0.2) is 48.9 Å². The molecular weight excluding hydrogens is 388 g/mol. The van der Waals surface area contributed by atoms with Crippen LogP contribution in [0.25, 0.3) is 5.57 Å². The second-order valence-electron chi connectivity index (χ2n) is 7.51. The van der Waals surface area contributed by atoms with Gasteiger partial charge in [0.15, 0.2) is 0 Å². The largest absolute Gasteiger partial charge is 0.381 e. The van der Waals surface area contributed by atoms with Crippen molar-refractivity contribution in [2.45, 2.75) is 31.5 Å². The Morgan fingerprint density at radius 1 is 1.23 bits per heavy atom. The van der Waals surface area contributed by atoms with E-state index in [1.807, 2.05) is 25.1 Å². The van der Waals surface area contributed by atoms with Gasteiger partial charge in [0, 0.05) is 37.0 Å². The Morgan fingerprint density at radius 3 is 2.73 bits per heavy atom. The Bertz CT molecular complexity index is 1030. The first-order chi connectivity index (χ1) is 14.5. The van der Waals surface area contributed by atoms with Gasteiger partial charge in [0.05, 0.1) is 12.2 Å². The van der Waals surface area contributed by atoms with Crippen LogP contribution in [0.4, 0.5) is 8.78 Å². The standard InChI is InChI=1S/C22H23F2N5O/c1-16(28-10-7-17(8-11-28)21-4-2-3-9-26-21)22(30,13-29-15-25-14-27-29)19-6-5-18(23)12-20(19)24/h2-7,9,12,14-16,30H,8,10-11,13H2,1H3/t16-,22-/m1/s1. The molecule has 0 amide bonds. The number of halogens is 2. The van der Waals surface area contributed by atoms with Crippen LogP contribution in [0.5, 0.6) is 0 Å². The molecule has 156 valence electrons. The number of benzene rings is 1. The van der Waals surface area contributed by atoms with Crippen molar-refractivity contribution in [1.29, 1.82) is 0 Å². The smallest absolute Gasteiger partial charge is 0.137 e. The van der Waals surface area contributed by atoms with Crippen LogP contribution < -0.4 is 0 Å².